The molecule has 0 aliphatic rings. The van der Waals surface area contributed by atoms with Crippen LogP contribution in [0.3, 0.4) is 0 Å². The minimum Gasteiger partial charge on any atom is -0.410 e. The molecule has 0 fully saturated rings. The van der Waals surface area contributed by atoms with Crippen LogP contribution in [-0.4, -0.2) is 30.5 Å². The van der Waals surface area contributed by atoms with Gasteiger partial charge >= 0.3 is 0 Å². The first kappa shape index (κ1) is 10.9. The Balaban J connectivity index is 1.80. The van der Waals surface area contributed by atoms with Crippen molar-refractivity contribution < 1.29 is 9.73 Å². The summed E-state index contributed by atoms with van der Waals surface area (Å²) in [5.74, 6) is 0.714. The molecule has 2 N–H and O–H groups in total. The highest BCUT2D eigenvalue weighted by Crippen LogP contribution is 2.13. The lowest BCUT2D eigenvalue weighted by Crippen LogP contribution is -1.94. The van der Waals surface area contributed by atoms with Crippen molar-refractivity contribution in [2.75, 3.05) is 0 Å². The summed E-state index contributed by atoms with van der Waals surface area (Å²) in [5.41, 5.74) is 2.31. The predicted octanol–water partition coefficient (Wildman–Crippen LogP) is 1.50. The fourth-order valence-electron chi connectivity index (χ4n) is 1.74. The van der Waals surface area contributed by atoms with Crippen LogP contribution in [0.15, 0.2) is 22.7 Å². The molecule has 8 heteroatoms. The van der Waals surface area contributed by atoms with E-state index >= 15 is 0 Å². The maximum atomic E-state index is 9.32. The van der Waals surface area contributed by atoms with Gasteiger partial charge in [0.15, 0.2) is 0 Å². The third-order valence-corrected chi connectivity index (χ3v) is 2.80. The molecule has 0 saturated heterocycles. The third kappa shape index (κ3) is 1.97. The van der Waals surface area contributed by atoms with E-state index in [1.54, 1.807) is 6.07 Å². The quantitative estimate of drug-likeness (QED) is 0.549. The molecule has 0 unspecified atom stereocenters. The second-order valence-corrected chi connectivity index (χ2v) is 4.21. The van der Waals surface area contributed by atoms with Crippen LogP contribution in [-0.2, 0) is 12.8 Å². The number of rotatable bonds is 3. The average molecular weight is 263 g/mol. The van der Waals surface area contributed by atoms with Crippen LogP contribution in [0.5, 0.6) is 0 Å². The molecule has 1 aromatic carbocycles. The number of benzene rings is 1. The van der Waals surface area contributed by atoms with Gasteiger partial charge in [0.05, 0.1) is 0 Å². The number of aryl methyl sites for hydroxylation is 2. The zero-order chi connectivity index (χ0) is 12.5. The summed E-state index contributed by atoms with van der Waals surface area (Å²) in [6.45, 7) is 0. The summed E-state index contributed by atoms with van der Waals surface area (Å²) < 4.78 is 4.78. The molecule has 18 heavy (non-hydrogen) atoms. The Kier molecular flexibility index (Phi) is 2.56. The standard InChI is InChI=1S/C10H9N5O2S/c16-15-8-3-1-6(5-7(8)12-14-15)2-4-9-11-10(18)17-13-9/h1,3,5,16H,2,4H2,(H,11,13,18). The van der Waals surface area contributed by atoms with E-state index < -0.39 is 0 Å². The van der Waals surface area contributed by atoms with Gasteiger partial charge in [0.1, 0.15) is 16.9 Å². The zero-order valence-electron chi connectivity index (χ0n) is 9.20. The lowest BCUT2D eigenvalue weighted by molar-refractivity contribution is 0.155. The van der Waals surface area contributed by atoms with E-state index in [4.69, 9.17) is 16.7 Å². The summed E-state index contributed by atoms with van der Waals surface area (Å²) in [4.78, 5) is 3.89. The Morgan fingerprint density at radius 3 is 3.06 bits per heavy atom. The molecule has 0 radical (unpaired) electrons. The van der Waals surface area contributed by atoms with E-state index in [2.05, 4.69) is 20.5 Å². The van der Waals surface area contributed by atoms with Crippen LogP contribution in [0.1, 0.15) is 11.4 Å². The van der Waals surface area contributed by atoms with Crippen LogP contribution in [0.2, 0.25) is 0 Å². The van der Waals surface area contributed by atoms with E-state index in [9.17, 15) is 5.21 Å². The summed E-state index contributed by atoms with van der Waals surface area (Å²) >= 11 is 4.80. The predicted molar refractivity (Wildman–Crippen MR) is 63.8 cm³/mol. The highest BCUT2D eigenvalue weighted by molar-refractivity contribution is 7.71. The smallest absolute Gasteiger partial charge is 0.294 e. The minimum atomic E-state index is 0.281. The van der Waals surface area contributed by atoms with Gasteiger partial charge in [-0.3, -0.25) is 4.98 Å². The maximum Gasteiger partial charge on any atom is 0.294 e. The summed E-state index contributed by atoms with van der Waals surface area (Å²) in [6.07, 6.45) is 1.46. The molecule has 2 aromatic heterocycles. The van der Waals surface area contributed by atoms with E-state index in [-0.39, 0.29) is 4.84 Å². The largest absolute Gasteiger partial charge is 0.410 e. The van der Waals surface area contributed by atoms with Crippen LogP contribution >= 0.6 is 12.2 Å². The Morgan fingerprint density at radius 1 is 1.39 bits per heavy atom. The summed E-state index contributed by atoms with van der Waals surface area (Å²) in [6, 6.07) is 5.56. The monoisotopic (exact) mass is 263 g/mol. The number of H-pyrrole nitrogens is 1. The fraction of sp³-hybridized carbons (Fsp3) is 0.200. The van der Waals surface area contributed by atoms with Gasteiger partial charge in [-0.05, 0) is 41.5 Å². The van der Waals surface area contributed by atoms with E-state index in [0.29, 0.717) is 23.3 Å². The number of hydrogen-bond donors (Lipinski definition) is 2. The van der Waals surface area contributed by atoms with Crippen LogP contribution in [0.4, 0.5) is 0 Å². The average Bonchev–Trinajstić information content (AvgIpc) is 2.94. The molecule has 3 aromatic rings. The number of aromatic nitrogens is 5. The molecule has 3 rings (SSSR count). The zero-order valence-corrected chi connectivity index (χ0v) is 10.0. The third-order valence-electron chi connectivity index (χ3n) is 2.63. The molecule has 7 nitrogen and oxygen atoms in total. The molecule has 0 aliphatic carbocycles. The molecule has 0 saturated carbocycles. The minimum absolute atomic E-state index is 0.281. The van der Waals surface area contributed by atoms with Crippen molar-refractivity contribution in [3.05, 3.63) is 34.4 Å². The molecular formula is C10H9N5O2S. The van der Waals surface area contributed by atoms with Crippen molar-refractivity contribution in [2.24, 2.45) is 0 Å². The molecule has 0 atom stereocenters. The van der Waals surface area contributed by atoms with Crippen molar-refractivity contribution in [3.63, 3.8) is 0 Å². The highest BCUT2D eigenvalue weighted by atomic mass is 32.1. The van der Waals surface area contributed by atoms with Crippen molar-refractivity contribution >= 4 is 23.3 Å². The molecule has 92 valence electrons. The van der Waals surface area contributed by atoms with Crippen molar-refractivity contribution in [1.82, 2.24) is 25.3 Å². The second-order valence-electron chi connectivity index (χ2n) is 3.84. The van der Waals surface area contributed by atoms with E-state index in [1.807, 2.05) is 12.1 Å². The molecule has 0 bridgehead atoms. The second kappa shape index (κ2) is 4.22. The maximum absolute atomic E-state index is 9.32. The number of nitrogens with one attached hydrogen (secondary N) is 1. The Bertz CT molecular complexity index is 744. The van der Waals surface area contributed by atoms with Gasteiger partial charge in [-0.15, -0.1) is 5.10 Å². The number of nitrogens with zero attached hydrogens (tertiary/aromatic N) is 4. The van der Waals surface area contributed by atoms with Crippen molar-refractivity contribution in [2.45, 2.75) is 12.8 Å². The molecule has 0 amide bonds. The van der Waals surface area contributed by atoms with Crippen LogP contribution in [0, 0.1) is 4.84 Å². The van der Waals surface area contributed by atoms with Gasteiger partial charge in [-0.1, -0.05) is 16.1 Å². The molecule has 2 heterocycles. The normalized spacial score (nSPS) is 11.1. The lowest BCUT2D eigenvalue weighted by Gasteiger charge is -1.98. The number of aromatic amines is 1. The first-order valence-corrected chi connectivity index (χ1v) is 5.72. The highest BCUT2D eigenvalue weighted by Gasteiger charge is 2.05. The van der Waals surface area contributed by atoms with Gasteiger partial charge in [-0.25, -0.2) is 0 Å². The molecule has 0 spiro atoms. The van der Waals surface area contributed by atoms with E-state index in [0.717, 1.165) is 16.8 Å². The molecular weight excluding hydrogens is 254 g/mol. The van der Waals surface area contributed by atoms with Gasteiger partial charge < -0.3 is 9.73 Å². The number of hydrogen-bond acceptors (Lipinski definition) is 6. The topological polar surface area (TPSA) is 92.8 Å². The number of fused-ring (bicyclic) bond motifs is 1. The van der Waals surface area contributed by atoms with Gasteiger partial charge in [0.25, 0.3) is 4.84 Å². The van der Waals surface area contributed by atoms with Crippen molar-refractivity contribution in [1.29, 1.82) is 0 Å². The van der Waals surface area contributed by atoms with Crippen LogP contribution in [0.25, 0.3) is 11.0 Å². The summed E-state index contributed by atoms with van der Waals surface area (Å²) in [5, 5.41) is 20.5. The van der Waals surface area contributed by atoms with E-state index in [1.165, 1.54) is 0 Å². The van der Waals surface area contributed by atoms with Gasteiger partial charge in [0.2, 0.25) is 0 Å². The SMILES string of the molecule is On1nnc2cc(CCc3noc(=S)[nH]3)ccc21. The molecule has 0 aliphatic heterocycles. The van der Waals surface area contributed by atoms with Gasteiger partial charge in [0, 0.05) is 6.42 Å². The Hall–Kier alpha value is -2.22. The first-order chi connectivity index (χ1) is 8.72. The van der Waals surface area contributed by atoms with Crippen molar-refractivity contribution in [3.8, 4) is 0 Å². The summed E-state index contributed by atoms with van der Waals surface area (Å²) in [7, 11) is 0. The Morgan fingerprint density at radius 2 is 2.28 bits per heavy atom. The lowest BCUT2D eigenvalue weighted by atomic mass is 10.1. The first-order valence-electron chi connectivity index (χ1n) is 5.31. The van der Waals surface area contributed by atoms with Gasteiger partial charge in [-0.2, -0.15) is 0 Å². The Labute approximate surface area is 106 Å². The fourth-order valence-corrected chi connectivity index (χ4v) is 1.90. The van der Waals surface area contributed by atoms with Crippen LogP contribution < -0.4 is 0 Å².